The van der Waals surface area contributed by atoms with Gasteiger partial charge in [-0.25, -0.2) is 4.98 Å². The Hall–Kier alpha value is -2.42. The van der Waals surface area contributed by atoms with Crippen LogP contribution in [0.15, 0.2) is 48.7 Å². The summed E-state index contributed by atoms with van der Waals surface area (Å²) < 4.78 is 0. The molecule has 1 aromatic carbocycles. The van der Waals surface area contributed by atoms with E-state index < -0.39 is 0 Å². The topological polar surface area (TPSA) is 42.0 Å². The van der Waals surface area contributed by atoms with E-state index in [9.17, 15) is 4.79 Å². The second kappa shape index (κ2) is 6.56. The van der Waals surface area contributed by atoms with Gasteiger partial charge < -0.3 is 5.32 Å². The van der Waals surface area contributed by atoms with Crippen LogP contribution in [0.1, 0.15) is 42.3 Å². The summed E-state index contributed by atoms with van der Waals surface area (Å²) >= 11 is 0. The summed E-state index contributed by atoms with van der Waals surface area (Å²) in [6.45, 7) is 8.42. The predicted molar refractivity (Wildman–Crippen MR) is 91.9 cm³/mol. The average molecular weight is 294 g/mol. The van der Waals surface area contributed by atoms with Crippen molar-refractivity contribution in [2.45, 2.75) is 27.7 Å². The minimum Gasteiger partial charge on any atom is -0.307 e. The monoisotopic (exact) mass is 294 g/mol. The molecule has 22 heavy (non-hydrogen) atoms. The zero-order valence-electron chi connectivity index (χ0n) is 13.6. The van der Waals surface area contributed by atoms with Crippen LogP contribution in [0.25, 0.3) is 6.08 Å². The number of aromatic nitrogens is 1. The zero-order valence-corrected chi connectivity index (χ0v) is 13.6. The number of nitrogens with zero attached hydrogens (tertiary/aromatic N) is 1. The normalized spacial score (nSPS) is 11.6. The third-order valence-electron chi connectivity index (χ3n) is 3.11. The van der Waals surface area contributed by atoms with E-state index in [1.165, 1.54) is 0 Å². The highest BCUT2D eigenvalue weighted by molar-refractivity contribution is 6.03. The van der Waals surface area contributed by atoms with Crippen LogP contribution < -0.4 is 5.32 Å². The maximum atomic E-state index is 12.2. The number of rotatable bonds is 3. The van der Waals surface area contributed by atoms with E-state index in [0.29, 0.717) is 11.4 Å². The number of aryl methyl sites for hydroxylation is 1. The molecule has 0 aliphatic heterocycles. The van der Waals surface area contributed by atoms with Gasteiger partial charge in [-0.15, -0.1) is 0 Å². The van der Waals surface area contributed by atoms with Crippen molar-refractivity contribution in [3.8, 4) is 0 Å². The summed E-state index contributed by atoms with van der Waals surface area (Å²) in [7, 11) is 0. The summed E-state index contributed by atoms with van der Waals surface area (Å²) in [4.78, 5) is 16.3. The van der Waals surface area contributed by atoms with Crippen molar-refractivity contribution in [1.82, 2.24) is 4.98 Å². The van der Waals surface area contributed by atoms with Crippen LogP contribution in [0.2, 0.25) is 0 Å². The quantitative estimate of drug-likeness (QED) is 0.891. The lowest BCUT2D eigenvalue weighted by Gasteiger charge is -2.11. The third kappa shape index (κ3) is 4.85. The number of carbonyl (C=O) groups is 1. The molecule has 1 heterocycles. The molecule has 2 rings (SSSR count). The Kier molecular flexibility index (Phi) is 4.76. The van der Waals surface area contributed by atoms with Gasteiger partial charge in [0.25, 0.3) is 5.91 Å². The second-order valence-electron chi connectivity index (χ2n) is 6.49. The van der Waals surface area contributed by atoms with E-state index in [1.54, 1.807) is 6.20 Å². The van der Waals surface area contributed by atoms with Crippen molar-refractivity contribution in [1.29, 1.82) is 0 Å². The number of carbonyl (C=O) groups excluding carboxylic acids is 1. The Labute approximate surface area is 132 Å². The van der Waals surface area contributed by atoms with E-state index in [4.69, 9.17) is 0 Å². The Bertz CT molecular complexity index is 679. The van der Waals surface area contributed by atoms with E-state index in [0.717, 1.165) is 11.1 Å². The van der Waals surface area contributed by atoms with E-state index in [1.807, 2.05) is 43.3 Å². The number of anilines is 1. The lowest BCUT2D eigenvalue weighted by molar-refractivity contribution is 0.102. The van der Waals surface area contributed by atoms with E-state index in [-0.39, 0.29) is 11.3 Å². The number of benzene rings is 1. The highest BCUT2D eigenvalue weighted by atomic mass is 16.1. The van der Waals surface area contributed by atoms with Crippen molar-refractivity contribution in [2.24, 2.45) is 5.41 Å². The second-order valence-corrected chi connectivity index (χ2v) is 6.49. The van der Waals surface area contributed by atoms with Crippen LogP contribution in [-0.4, -0.2) is 10.9 Å². The zero-order chi connectivity index (χ0) is 16.2. The standard InChI is InChI=1S/C19H22N2O/c1-14-10-12-20-17(13-14)21-18(22)16-7-5-15(6-8-16)9-11-19(2,3)4/h5-13H,1-4H3,(H,20,21,22)/b11-9+. The number of amides is 1. The molecular formula is C19H22N2O. The molecule has 1 aromatic heterocycles. The first-order valence-electron chi connectivity index (χ1n) is 7.37. The predicted octanol–water partition coefficient (Wildman–Crippen LogP) is 4.70. The smallest absolute Gasteiger partial charge is 0.256 e. The van der Waals surface area contributed by atoms with Gasteiger partial charge in [-0.2, -0.15) is 0 Å². The molecule has 1 amide bonds. The van der Waals surface area contributed by atoms with Gasteiger partial charge in [0, 0.05) is 11.8 Å². The van der Waals surface area contributed by atoms with Crippen LogP contribution in [0.5, 0.6) is 0 Å². The van der Waals surface area contributed by atoms with Gasteiger partial charge in [-0.1, -0.05) is 45.1 Å². The highest BCUT2D eigenvalue weighted by Gasteiger charge is 2.07. The fourth-order valence-corrected chi connectivity index (χ4v) is 1.88. The summed E-state index contributed by atoms with van der Waals surface area (Å²) in [5, 5.41) is 2.81. The molecule has 0 bridgehead atoms. The molecule has 1 N–H and O–H groups in total. The summed E-state index contributed by atoms with van der Waals surface area (Å²) in [6.07, 6.45) is 5.91. The van der Waals surface area contributed by atoms with Crippen molar-refractivity contribution in [3.63, 3.8) is 0 Å². The molecule has 114 valence electrons. The molecular weight excluding hydrogens is 272 g/mol. The van der Waals surface area contributed by atoms with Crippen LogP contribution in [-0.2, 0) is 0 Å². The van der Waals surface area contributed by atoms with E-state index >= 15 is 0 Å². The summed E-state index contributed by atoms with van der Waals surface area (Å²) in [5.41, 5.74) is 2.91. The molecule has 0 aliphatic carbocycles. The van der Waals surface area contributed by atoms with Gasteiger partial charge in [-0.05, 0) is 47.7 Å². The van der Waals surface area contributed by atoms with Crippen LogP contribution in [0, 0.1) is 12.3 Å². The van der Waals surface area contributed by atoms with E-state index in [2.05, 4.69) is 43.2 Å². The fourth-order valence-electron chi connectivity index (χ4n) is 1.88. The van der Waals surface area contributed by atoms with Gasteiger partial charge >= 0.3 is 0 Å². The summed E-state index contributed by atoms with van der Waals surface area (Å²) in [6, 6.07) is 11.3. The number of hydrogen-bond acceptors (Lipinski definition) is 2. The van der Waals surface area contributed by atoms with Crippen molar-refractivity contribution in [2.75, 3.05) is 5.32 Å². The first kappa shape index (κ1) is 16.0. The van der Waals surface area contributed by atoms with Crippen LogP contribution in [0.3, 0.4) is 0 Å². The number of nitrogens with one attached hydrogen (secondary N) is 1. The van der Waals surface area contributed by atoms with Gasteiger partial charge in [0.15, 0.2) is 0 Å². The minimum absolute atomic E-state index is 0.146. The molecule has 0 unspecified atom stereocenters. The third-order valence-corrected chi connectivity index (χ3v) is 3.11. The minimum atomic E-state index is -0.149. The molecule has 3 heteroatoms. The SMILES string of the molecule is Cc1ccnc(NC(=O)c2ccc(/C=C/C(C)(C)C)cc2)c1. The van der Waals surface area contributed by atoms with Crippen LogP contribution >= 0.6 is 0 Å². The van der Waals surface area contributed by atoms with Gasteiger partial charge in [-0.3, -0.25) is 4.79 Å². The van der Waals surface area contributed by atoms with Crippen molar-refractivity contribution in [3.05, 3.63) is 65.4 Å². The Morgan fingerprint density at radius 2 is 1.82 bits per heavy atom. The highest BCUT2D eigenvalue weighted by Crippen LogP contribution is 2.17. The molecule has 0 aliphatic rings. The fraction of sp³-hybridized carbons (Fsp3) is 0.263. The molecule has 0 fully saturated rings. The first-order valence-corrected chi connectivity index (χ1v) is 7.37. The van der Waals surface area contributed by atoms with Crippen molar-refractivity contribution >= 4 is 17.8 Å². The lowest BCUT2D eigenvalue weighted by Crippen LogP contribution is -2.12. The molecule has 2 aromatic rings. The van der Waals surface area contributed by atoms with Gasteiger partial charge in [0.05, 0.1) is 0 Å². The number of hydrogen-bond donors (Lipinski definition) is 1. The maximum Gasteiger partial charge on any atom is 0.256 e. The largest absolute Gasteiger partial charge is 0.307 e. The lowest BCUT2D eigenvalue weighted by atomic mass is 9.95. The molecule has 0 spiro atoms. The maximum absolute atomic E-state index is 12.2. The Balaban J connectivity index is 2.07. The number of allylic oxidation sites excluding steroid dienone is 1. The number of pyridine rings is 1. The Morgan fingerprint density at radius 3 is 2.41 bits per heavy atom. The molecule has 0 saturated heterocycles. The average Bonchev–Trinajstić information content (AvgIpc) is 2.45. The Morgan fingerprint density at radius 1 is 1.14 bits per heavy atom. The van der Waals surface area contributed by atoms with Gasteiger partial charge in [0.1, 0.15) is 5.82 Å². The van der Waals surface area contributed by atoms with Crippen LogP contribution in [0.4, 0.5) is 5.82 Å². The molecule has 0 radical (unpaired) electrons. The molecule has 3 nitrogen and oxygen atoms in total. The molecule has 0 atom stereocenters. The molecule has 0 saturated carbocycles. The summed E-state index contributed by atoms with van der Waals surface area (Å²) in [5.74, 6) is 0.422. The van der Waals surface area contributed by atoms with Crippen molar-refractivity contribution < 1.29 is 4.79 Å². The first-order chi connectivity index (χ1) is 10.3. The van der Waals surface area contributed by atoms with Gasteiger partial charge in [0.2, 0.25) is 0 Å².